The molecule has 1 aromatic carbocycles. The number of aryl methyl sites for hydroxylation is 2. The average molecular weight is 231 g/mol. The number of rotatable bonds is 3. The molecule has 0 aliphatic carbocycles. The van der Waals surface area contributed by atoms with Crippen molar-refractivity contribution in [3.05, 3.63) is 35.0 Å². The highest BCUT2D eigenvalue weighted by Crippen LogP contribution is 2.25. The van der Waals surface area contributed by atoms with Gasteiger partial charge in [0, 0.05) is 24.2 Å². The lowest BCUT2D eigenvalue weighted by Gasteiger charge is -2.05. The van der Waals surface area contributed by atoms with Gasteiger partial charge in [-0.2, -0.15) is 0 Å². The Kier molecular flexibility index (Phi) is 2.71. The normalized spacial score (nSPS) is 10.7. The lowest BCUT2D eigenvalue weighted by atomic mass is 10.0. The zero-order valence-electron chi connectivity index (χ0n) is 9.73. The third-order valence-electron chi connectivity index (χ3n) is 2.93. The molecule has 2 rings (SSSR count). The standard InChI is InChI=1S/C13H13NO3/c1-3-8-4-10-9(7-15)6-14(2)12(10)11(5-8)13(16)17/h4-7H,3H2,1-2H3,(H,16,17). The van der Waals surface area contributed by atoms with E-state index in [1.807, 2.05) is 13.0 Å². The number of aromatic carboxylic acids is 1. The maximum absolute atomic E-state index is 11.2. The molecule has 0 saturated carbocycles. The second kappa shape index (κ2) is 4.05. The molecule has 0 aliphatic heterocycles. The Balaban J connectivity index is 2.92. The smallest absolute Gasteiger partial charge is 0.337 e. The van der Waals surface area contributed by atoms with Crippen molar-refractivity contribution in [3.63, 3.8) is 0 Å². The summed E-state index contributed by atoms with van der Waals surface area (Å²) in [5, 5.41) is 9.92. The molecular formula is C13H13NO3. The SMILES string of the molecule is CCc1cc(C(=O)O)c2c(c1)c(C=O)cn2C. The number of hydrogen-bond acceptors (Lipinski definition) is 2. The van der Waals surface area contributed by atoms with Crippen molar-refractivity contribution in [2.45, 2.75) is 13.3 Å². The van der Waals surface area contributed by atoms with Gasteiger partial charge >= 0.3 is 5.97 Å². The molecular weight excluding hydrogens is 218 g/mol. The molecule has 0 bridgehead atoms. The summed E-state index contributed by atoms with van der Waals surface area (Å²) in [4.78, 5) is 22.2. The monoisotopic (exact) mass is 231 g/mol. The largest absolute Gasteiger partial charge is 0.478 e. The molecule has 0 amide bonds. The van der Waals surface area contributed by atoms with E-state index in [-0.39, 0.29) is 5.56 Å². The van der Waals surface area contributed by atoms with E-state index in [2.05, 4.69) is 0 Å². The second-order valence-electron chi connectivity index (χ2n) is 4.01. The fraction of sp³-hybridized carbons (Fsp3) is 0.231. The number of aldehydes is 1. The molecule has 1 aromatic heterocycles. The van der Waals surface area contributed by atoms with Gasteiger partial charge in [-0.3, -0.25) is 4.79 Å². The Labute approximate surface area is 98.5 Å². The first-order chi connectivity index (χ1) is 8.08. The minimum Gasteiger partial charge on any atom is -0.478 e. The average Bonchev–Trinajstić information content (AvgIpc) is 2.64. The zero-order valence-corrected chi connectivity index (χ0v) is 9.73. The Morgan fingerprint density at radius 3 is 2.71 bits per heavy atom. The molecule has 1 N–H and O–H groups in total. The second-order valence-corrected chi connectivity index (χ2v) is 4.01. The summed E-state index contributed by atoms with van der Waals surface area (Å²) in [6.07, 6.45) is 3.15. The molecule has 0 spiro atoms. The molecule has 4 nitrogen and oxygen atoms in total. The summed E-state index contributed by atoms with van der Waals surface area (Å²) in [7, 11) is 1.74. The summed E-state index contributed by atoms with van der Waals surface area (Å²) in [6.45, 7) is 1.95. The van der Waals surface area contributed by atoms with E-state index in [1.165, 1.54) is 0 Å². The Morgan fingerprint density at radius 2 is 2.18 bits per heavy atom. The van der Waals surface area contributed by atoms with Crippen LogP contribution in [0.1, 0.15) is 33.2 Å². The highest BCUT2D eigenvalue weighted by molar-refractivity contribution is 6.07. The van der Waals surface area contributed by atoms with Crippen LogP contribution in [0.15, 0.2) is 18.3 Å². The van der Waals surface area contributed by atoms with Crippen molar-refractivity contribution in [2.24, 2.45) is 7.05 Å². The first-order valence-corrected chi connectivity index (χ1v) is 5.39. The first-order valence-electron chi connectivity index (χ1n) is 5.39. The van der Waals surface area contributed by atoms with Crippen LogP contribution in [0.3, 0.4) is 0 Å². The predicted molar refractivity (Wildman–Crippen MR) is 64.6 cm³/mol. The molecule has 17 heavy (non-hydrogen) atoms. The Morgan fingerprint density at radius 1 is 1.47 bits per heavy atom. The number of nitrogens with zero attached hydrogens (tertiary/aromatic N) is 1. The van der Waals surface area contributed by atoms with Crippen LogP contribution in [0.4, 0.5) is 0 Å². The molecule has 0 saturated heterocycles. The van der Waals surface area contributed by atoms with Crippen LogP contribution in [0.2, 0.25) is 0 Å². The number of hydrogen-bond donors (Lipinski definition) is 1. The predicted octanol–water partition coefficient (Wildman–Crippen LogP) is 2.25. The van der Waals surface area contributed by atoms with Crippen LogP contribution in [0, 0.1) is 0 Å². The van der Waals surface area contributed by atoms with Gasteiger partial charge in [-0.1, -0.05) is 6.92 Å². The molecule has 0 atom stereocenters. The third-order valence-corrected chi connectivity index (χ3v) is 2.93. The van der Waals surface area contributed by atoms with Gasteiger partial charge in [0.15, 0.2) is 6.29 Å². The maximum atomic E-state index is 11.2. The van der Waals surface area contributed by atoms with Crippen LogP contribution in [0.5, 0.6) is 0 Å². The van der Waals surface area contributed by atoms with E-state index in [1.54, 1.807) is 23.9 Å². The number of carboxylic acids is 1. The van der Waals surface area contributed by atoms with Crippen molar-refractivity contribution in [1.29, 1.82) is 0 Å². The topological polar surface area (TPSA) is 59.3 Å². The quantitative estimate of drug-likeness (QED) is 0.824. The molecule has 0 fully saturated rings. The molecule has 2 aromatic rings. The van der Waals surface area contributed by atoms with Crippen molar-refractivity contribution in [3.8, 4) is 0 Å². The van der Waals surface area contributed by atoms with E-state index >= 15 is 0 Å². The van der Waals surface area contributed by atoms with E-state index in [4.69, 9.17) is 0 Å². The molecule has 0 radical (unpaired) electrons. The number of fused-ring (bicyclic) bond motifs is 1. The summed E-state index contributed by atoms with van der Waals surface area (Å²) in [6, 6.07) is 3.55. The minimum absolute atomic E-state index is 0.245. The molecule has 4 heteroatoms. The Hall–Kier alpha value is -2.10. The van der Waals surface area contributed by atoms with Crippen molar-refractivity contribution in [1.82, 2.24) is 4.57 Å². The van der Waals surface area contributed by atoms with Crippen LogP contribution in [-0.4, -0.2) is 21.9 Å². The molecule has 0 aliphatic rings. The Bertz CT molecular complexity index is 611. The number of carbonyl (C=O) groups is 2. The molecule has 1 heterocycles. The lowest BCUT2D eigenvalue weighted by Crippen LogP contribution is -2.01. The first kappa shape index (κ1) is 11.4. The van der Waals surface area contributed by atoms with Crippen LogP contribution < -0.4 is 0 Å². The van der Waals surface area contributed by atoms with Gasteiger partial charge in [-0.25, -0.2) is 4.79 Å². The van der Waals surface area contributed by atoms with Gasteiger partial charge in [-0.15, -0.1) is 0 Å². The van der Waals surface area contributed by atoms with Crippen molar-refractivity contribution in [2.75, 3.05) is 0 Å². The van der Waals surface area contributed by atoms with Gasteiger partial charge in [0.25, 0.3) is 0 Å². The van der Waals surface area contributed by atoms with E-state index in [0.717, 1.165) is 18.3 Å². The van der Waals surface area contributed by atoms with E-state index in [0.29, 0.717) is 16.5 Å². The fourth-order valence-corrected chi connectivity index (χ4v) is 2.10. The number of aromatic nitrogens is 1. The van der Waals surface area contributed by atoms with Gasteiger partial charge < -0.3 is 9.67 Å². The van der Waals surface area contributed by atoms with Gasteiger partial charge in [-0.05, 0) is 24.1 Å². The number of benzene rings is 1. The van der Waals surface area contributed by atoms with E-state index < -0.39 is 5.97 Å². The summed E-state index contributed by atoms with van der Waals surface area (Å²) in [5.74, 6) is -0.969. The van der Waals surface area contributed by atoms with Crippen LogP contribution >= 0.6 is 0 Å². The van der Waals surface area contributed by atoms with E-state index in [9.17, 15) is 14.7 Å². The van der Waals surface area contributed by atoms with Gasteiger partial charge in [0.2, 0.25) is 0 Å². The summed E-state index contributed by atoms with van der Waals surface area (Å²) < 4.78 is 1.68. The van der Waals surface area contributed by atoms with Gasteiger partial charge in [0.1, 0.15) is 0 Å². The minimum atomic E-state index is -0.969. The van der Waals surface area contributed by atoms with Gasteiger partial charge in [0.05, 0.1) is 11.1 Å². The fourth-order valence-electron chi connectivity index (χ4n) is 2.10. The maximum Gasteiger partial charge on any atom is 0.337 e. The van der Waals surface area contributed by atoms with Crippen molar-refractivity contribution >= 4 is 23.2 Å². The zero-order chi connectivity index (χ0) is 12.6. The van der Waals surface area contributed by atoms with Crippen LogP contribution in [0.25, 0.3) is 10.9 Å². The highest BCUT2D eigenvalue weighted by Gasteiger charge is 2.15. The number of carbonyl (C=O) groups excluding carboxylic acids is 1. The molecule has 0 unspecified atom stereocenters. The van der Waals surface area contributed by atoms with Crippen molar-refractivity contribution < 1.29 is 14.7 Å². The summed E-state index contributed by atoms with van der Waals surface area (Å²) in [5.41, 5.74) is 2.29. The summed E-state index contributed by atoms with van der Waals surface area (Å²) >= 11 is 0. The highest BCUT2D eigenvalue weighted by atomic mass is 16.4. The molecule has 88 valence electrons. The lowest BCUT2D eigenvalue weighted by molar-refractivity contribution is 0.0698. The van der Waals surface area contributed by atoms with Crippen LogP contribution in [-0.2, 0) is 13.5 Å². The number of carboxylic acid groups (broad SMARTS) is 1. The third kappa shape index (κ3) is 1.71.